The number of carboxylic acid groups (broad SMARTS) is 1. The van der Waals surface area contributed by atoms with E-state index in [1.807, 2.05) is 6.92 Å². The third-order valence-electron chi connectivity index (χ3n) is 1.80. The molecule has 1 aromatic carbocycles. The van der Waals surface area contributed by atoms with Crippen molar-refractivity contribution < 1.29 is 14.3 Å². The maximum absolute atomic E-state index is 12.8. The van der Waals surface area contributed by atoms with Crippen molar-refractivity contribution >= 4 is 11.8 Å². The summed E-state index contributed by atoms with van der Waals surface area (Å²) >= 11 is 0. The molecule has 0 aliphatic rings. The molecule has 0 bridgehead atoms. The standard InChI is InChI=1S/C10H12FNO2/c1-2-6-12(10(13)14)9-5-3-4-8(11)7-9/h3-5,7H,2,6H2,1H3,(H,13,14). The largest absolute Gasteiger partial charge is 0.465 e. The first kappa shape index (κ1) is 10.5. The van der Waals surface area contributed by atoms with Crippen LogP contribution in [0.1, 0.15) is 13.3 Å². The van der Waals surface area contributed by atoms with Crippen molar-refractivity contribution in [1.29, 1.82) is 0 Å². The van der Waals surface area contributed by atoms with Gasteiger partial charge in [0.1, 0.15) is 5.82 Å². The molecule has 0 unspecified atom stereocenters. The minimum Gasteiger partial charge on any atom is -0.465 e. The molecule has 1 amide bonds. The molecular formula is C10H12FNO2. The van der Waals surface area contributed by atoms with Gasteiger partial charge in [0, 0.05) is 12.2 Å². The summed E-state index contributed by atoms with van der Waals surface area (Å²) in [6.07, 6.45) is -0.361. The highest BCUT2D eigenvalue weighted by Gasteiger charge is 2.12. The van der Waals surface area contributed by atoms with Gasteiger partial charge in [0.2, 0.25) is 0 Å². The summed E-state index contributed by atoms with van der Waals surface area (Å²) in [4.78, 5) is 11.9. The molecule has 14 heavy (non-hydrogen) atoms. The van der Waals surface area contributed by atoms with Gasteiger partial charge in [-0.3, -0.25) is 4.90 Å². The molecule has 0 saturated carbocycles. The summed E-state index contributed by atoms with van der Waals surface area (Å²) in [7, 11) is 0. The van der Waals surface area contributed by atoms with Crippen molar-refractivity contribution in [2.24, 2.45) is 0 Å². The lowest BCUT2D eigenvalue weighted by Gasteiger charge is -2.18. The maximum Gasteiger partial charge on any atom is 0.411 e. The van der Waals surface area contributed by atoms with Crippen LogP contribution in [0.3, 0.4) is 0 Å². The fraction of sp³-hybridized carbons (Fsp3) is 0.300. The Balaban J connectivity index is 2.93. The number of amides is 1. The van der Waals surface area contributed by atoms with Gasteiger partial charge < -0.3 is 5.11 Å². The van der Waals surface area contributed by atoms with Crippen LogP contribution >= 0.6 is 0 Å². The van der Waals surface area contributed by atoms with Crippen LogP contribution in [-0.4, -0.2) is 17.7 Å². The molecule has 0 aliphatic heterocycles. The normalized spacial score (nSPS) is 9.86. The van der Waals surface area contributed by atoms with E-state index in [1.54, 1.807) is 6.07 Å². The van der Waals surface area contributed by atoms with Crippen molar-refractivity contribution in [2.75, 3.05) is 11.4 Å². The summed E-state index contributed by atoms with van der Waals surface area (Å²) in [6.45, 7) is 2.24. The number of hydrogen-bond acceptors (Lipinski definition) is 1. The van der Waals surface area contributed by atoms with E-state index in [0.717, 1.165) is 4.90 Å². The quantitative estimate of drug-likeness (QED) is 0.809. The van der Waals surface area contributed by atoms with E-state index in [-0.39, 0.29) is 0 Å². The second-order valence-corrected chi connectivity index (χ2v) is 2.91. The zero-order valence-electron chi connectivity index (χ0n) is 7.90. The Morgan fingerprint density at radius 3 is 2.79 bits per heavy atom. The molecule has 1 N–H and O–H groups in total. The third-order valence-corrected chi connectivity index (χ3v) is 1.80. The lowest BCUT2D eigenvalue weighted by Crippen LogP contribution is -2.29. The molecule has 0 heterocycles. The molecule has 0 saturated heterocycles. The molecule has 0 atom stereocenters. The molecule has 76 valence electrons. The minimum absolute atomic E-state index is 0.374. The van der Waals surface area contributed by atoms with Crippen LogP contribution in [0.25, 0.3) is 0 Å². The second-order valence-electron chi connectivity index (χ2n) is 2.91. The van der Waals surface area contributed by atoms with E-state index in [4.69, 9.17) is 5.11 Å². The van der Waals surface area contributed by atoms with Gasteiger partial charge in [-0.1, -0.05) is 13.0 Å². The Morgan fingerprint density at radius 1 is 1.57 bits per heavy atom. The van der Waals surface area contributed by atoms with E-state index >= 15 is 0 Å². The van der Waals surface area contributed by atoms with Gasteiger partial charge >= 0.3 is 6.09 Å². The average Bonchev–Trinajstić information content (AvgIpc) is 2.13. The van der Waals surface area contributed by atoms with Crippen LogP contribution in [0.5, 0.6) is 0 Å². The first-order valence-corrected chi connectivity index (χ1v) is 4.41. The Kier molecular flexibility index (Phi) is 3.45. The second kappa shape index (κ2) is 4.60. The molecule has 4 heteroatoms. The van der Waals surface area contributed by atoms with Crippen LogP contribution in [0.4, 0.5) is 14.9 Å². The number of carbonyl (C=O) groups is 1. The van der Waals surface area contributed by atoms with Gasteiger partial charge in [0.15, 0.2) is 0 Å². The Bertz CT molecular complexity index is 328. The lowest BCUT2D eigenvalue weighted by molar-refractivity contribution is 0.202. The lowest BCUT2D eigenvalue weighted by atomic mass is 10.3. The molecule has 1 rings (SSSR count). The van der Waals surface area contributed by atoms with Gasteiger partial charge in [0.25, 0.3) is 0 Å². The molecule has 1 aromatic rings. The highest BCUT2D eigenvalue weighted by Crippen LogP contribution is 2.15. The predicted octanol–water partition coefficient (Wildman–Crippen LogP) is 2.72. The highest BCUT2D eigenvalue weighted by molar-refractivity contribution is 5.85. The van der Waals surface area contributed by atoms with Gasteiger partial charge in [-0.05, 0) is 24.6 Å². The van der Waals surface area contributed by atoms with Crippen molar-refractivity contribution in [1.82, 2.24) is 0 Å². The van der Waals surface area contributed by atoms with E-state index in [9.17, 15) is 9.18 Å². The smallest absolute Gasteiger partial charge is 0.411 e. The Labute approximate surface area is 81.8 Å². The first-order chi connectivity index (χ1) is 6.65. The molecule has 3 nitrogen and oxygen atoms in total. The van der Waals surface area contributed by atoms with E-state index < -0.39 is 11.9 Å². The van der Waals surface area contributed by atoms with Crippen molar-refractivity contribution in [3.63, 3.8) is 0 Å². The zero-order valence-corrected chi connectivity index (χ0v) is 7.90. The van der Waals surface area contributed by atoms with Crippen LogP contribution in [-0.2, 0) is 0 Å². The summed E-state index contributed by atoms with van der Waals surface area (Å²) in [5, 5.41) is 8.85. The number of anilines is 1. The van der Waals surface area contributed by atoms with Crippen molar-refractivity contribution in [3.05, 3.63) is 30.1 Å². The number of nitrogens with zero attached hydrogens (tertiary/aromatic N) is 1. The number of halogens is 1. The van der Waals surface area contributed by atoms with Gasteiger partial charge in [-0.25, -0.2) is 9.18 Å². The predicted molar refractivity (Wildman–Crippen MR) is 52.1 cm³/mol. The third kappa shape index (κ3) is 2.45. The summed E-state index contributed by atoms with van der Waals surface area (Å²) in [5.74, 6) is -0.426. The Morgan fingerprint density at radius 2 is 2.29 bits per heavy atom. The maximum atomic E-state index is 12.8. The number of hydrogen-bond donors (Lipinski definition) is 1. The summed E-state index contributed by atoms with van der Waals surface area (Å²) < 4.78 is 12.8. The average molecular weight is 197 g/mol. The van der Waals surface area contributed by atoms with E-state index in [0.29, 0.717) is 18.7 Å². The molecule has 0 fully saturated rings. The first-order valence-electron chi connectivity index (χ1n) is 4.41. The van der Waals surface area contributed by atoms with Crippen LogP contribution < -0.4 is 4.90 Å². The zero-order chi connectivity index (χ0) is 10.6. The molecule has 0 radical (unpaired) electrons. The topological polar surface area (TPSA) is 40.5 Å². The molecule has 0 aromatic heterocycles. The van der Waals surface area contributed by atoms with Gasteiger partial charge in [-0.2, -0.15) is 0 Å². The summed E-state index contributed by atoms with van der Waals surface area (Å²) in [5.41, 5.74) is 0.374. The Hall–Kier alpha value is -1.58. The molecule has 0 spiro atoms. The number of benzene rings is 1. The fourth-order valence-corrected chi connectivity index (χ4v) is 1.20. The van der Waals surface area contributed by atoms with Gasteiger partial charge in [-0.15, -0.1) is 0 Å². The molecular weight excluding hydrogens is 185 g/mol. The molecule has 0 aliphatic carbocycles. The minimum atomic E-state index is -1.06. The highest BCUT2D eigenvalue weighted by atomic mass is 19.1. The fourth-order valence-electron chi connectivity index (χ4n) is 1.20. The number of rotatable bonds is 3. The van der Waals surface area contributed by atoms with Crippen molar-refractivity contribution in [3.8, 4) is 0 Å². The SMILES string of the molecule is CCCN(C(=O)O)c1cccc(F)c1. The monoisotopic (exact) mass is 197 g/mol. The van der Waals surface area contributed by atoms with Gasteiger partial charge in [0.05, 0.1) is 0 Å². The van der Waals surface area contributed by atoms with Crippen LogP contribution in [0.2, 0.25) is 0 Å². The van der Waals surface area contributed by atoms with Crippen molar-refractivity contribution in [2.45, 2.75) is 13.3 Å². The van der Waals surface area contributed by atoms with E-state index in [1.165, 1.54) is 18.2 Å². The van der Waals surface area contributed by atoms with Crippen LogP contribution in [0.15, 0.2) is 24.3 Å². The van der Waals surface area contributed by atoms with E-state index in [2.05, 4.69) is 0 Å². The summed E-state index contributed by atoms with van der Waals surface area (Å²) in [6, 6.07) is 5.57. The van der Waals surface area contributed by atoms with Crippen LogP contribution in [0, 0.1) is 5.82 Å².